The maximum atomic E-state index is 14.8. The molecule has 1 saturated carbocycles. The molecule has 1 fully saturated rings. The molecule has 1 nitrogen and oxygen atoms in total. The van der Waals surface area contributed by atoms with Crippen molar-refractivity contribution < 1.29 is 26.7 Å². The molecular formula is C27H25F5O. The third-order valence-electron chi connectivity index (χ3n) is 6.40. The Morgan fingerprint density at radius 2 is 1.39 bits per heavy atom. The first-order valence-corrected chi connectivity index (χ1v) is 11.1. The number of halogens is 5. The summed E-state index contributed by atoms with van der Waals surface area (Å²) in [5.74, 6) is -3.18. The third-order valence-corrected chi connectivity index (χ3v) is 6.40. The van der Waals surface area contributed by atoms with Crippen molar-refractivity contribution in [1.82, 2.24) is 0 Å². The van der Waals surface area contributed by atoms with Crippen LogP contribution in [0.25, 0.3) is 11.1 Å². The van der Waals surface area contributed by atoms with Crippen molar-refractivity contribution >= 4 is 0 Å². The second kappa shape index (κ2) is 9.16. The monoisotopic (exact) mass is 460 g/mol. The Hall–Kier alpha value is -2.89. The molecule has 4 rings (SSSR count). The molecule has 0 bridgehead atoms. The van der Waals surface area contributed by atoms with Crippen LogP contribution in [-0.2, 0) is 6.11 Å². The molecule has 0 spiro atoms. The zero-order valence-electron chi connectivity index (χ0n) is 18.5. The van der Waals surface area contributed by atoms with Crippen molar-refractivity contribution in [1.29, 1.82) is 0 Å². The molecule has 174 valence electrons. The van der Waals surface area contributed by atoms with Gasteiger partial charge in [-0.25, -0.2) is 13.2 Å². The van der Waals surface area contributed by atoms with Crippen LogP contribution in [-0.4, -0.2) is 0 Å². The second-order valence-electron chi connectivity index (χ2n) is 8.94. The molecule has 0 radical (unpaired) electrons. The summed E-state index contributed by atoms with van der Waals surface area (Å²) in [5, 5.41) is 0. The molecule has 0 N–H and O–H groups in total. The number of alkyl halides is 2. The number of ether oxygens (including phenoxy) is 1. The first-order chi connectivity index (χ1) is 15.6. The summed E-state index contributed by atoms with van der Waals surface area (Å²) < 4.78 is 77.9. The minimum Gasteiger partial charge on any atom is -0.429 e. The van der Waals surface area contributed by atoms with Crippen molar-refractivity contribution in [3.05, 3.63) is 88.7 Å². The van der Waals surface area contributed by atoms with E-state index < -0.39 is 34.9 Å². The number of benzene rings is 3. The zero-order valence-corrected chi connectivity index (χ0v) is 18.5. The van der Waals surface area contributed by atoms with Gasteiger partial charge in [0.15, 0.2) is 0 Å². The molecule has 0 amide bonds. The third kappa shape index (κ3) is 5.05. The molecule has 0 unspecified atom stereocenters. The van der Waals surface area contributed by atoms with Gasteiger partial charge in [-0.1, -0.05) is 55.7 Å². The van der Waals surface area contributed by atoms with Gasteiger partial charge in [0.25, 0.3) is 0 Å². The number of aryl methyl sites for hydroxylation is 1. The molecule has 3 aromatic carbocycles. The van der Waals surface area contributed by atoms with E-state index in [0.29, 0.717) is 23.6 Å². The summed E-state index contributed by atoms with van der Waals surface area (Å²) in [6, 6.07) is 11.4. The van der Waals surface area contributed by atoms with E-state index >= 15 is 0 Å². The van der Waals surface area contributed by atoms with Crippen LogP contribution in [0.15, 0.2) is 54.6 Å². The molecule has 0 aliphatic heterocycles. The Balaban J connectivity index is 1.56. The van der Waals surface area contributed by atoms with E-state index in [4.69, 9.17) is 0 Å². The highest BCUT2D eigenvalue weighted by Gasteiger charge is 2.38. The first kappa shape index (κ1) is 23.3. The predicted octanol–water partition coefficient (Wildman–Crippen LogP) is 8.50. The van der Waals surface area contributed by atoms with Crippen LogP contribution in [0.1, 0.15) is 55.2 Å². The van der Waals surface area contributed by atoms with Crippen molar-refractivity contribution in [2.45, 2.75) is 51.6 Å². The summed E-state index contributed by atoms with van der Waals surface area (Å²) in [5.41, 5.74) is 0.540. The highest BCUT2D eigenvalue weighted by Crippen LogP contribution is 2.39. The highest BCUT2D eigenvalue weighted by atomic mass is 19.3. The maximum Gasteiger partial charge on any atom is 0.429 e. The van der Waals surface area contributed by atoms with E-state index in [2.05, 4.69) is 11.7 Å². The summed E-state index contributed by atoms with van der Waals surface area (Å²) in [4.78, 5) is 0. The number of hydrogen-bond acceptors (Lipinski definition) is 1. The zero-order chi connectivity index (χ0) is 23.8. The summed E-state index contributed by atoms with van der Waals surface area (Å²) >= 11 is 0. The molecule has 1 aliphatic carbocycles. The Bertz CT molecular complexity index is 1110. The molecule has 0 heterocycles. The molecule has 0 atom stereocenters. The van der Waals surface area contributed by atoms with Crippen LogP contribution in [0.4, 0.5) is 22.0 Å². The van der Waals surface area contributed by atoms with Gasteiger partial charge >= 0.3 is 6.11 Å². The highest BCUT2D eigenvalue weighted by molar-refractivity contribution is 5.66. The van der Waals surface area contributed by atoms with Crippen LogP contribution in [0, 0.1) is 30.3 Å². The van der Waals surface area contributed by atoms with E-state index in [9.17, 15) is 22.0 Å². The van der Waals surface area contributed by atoms with Crippen LogP contribution < -0.4 is 4.74 Å². The van der Waals surface area contributed by atoms with Gasteiger partial charge < -0.3 is 4.74 Å². The predicted molar refractivity (Wildman–Crippen MR) is 118 cm³/mol. The standard InChI is InChI=1S/C27H25F5O/c1-16-3-7-18(8-4-16)20-11-12-22(23(28)13-20)27(31,32)33-21-14-24(29)26(25(30)15-21)19-9-5-17(2)6-10-19/h5-6,9-16,18H,3-4,7-8H2,1-2H3. The van der Waals surface area contributed by atoms with Gasteiger partial charge in [0.2, 0.25) is 0 Å². The van der Waals surface area contributed by atoms with Crippen molar-refractivity contribution in [2.75, 3.05) is 0 Å². The second-order valence-corrected chi connectivity index (χ2v) is 8.94. The van der Waals surface area contributed by atoms with Crippen molar-refractivity contribution in [3.63, 3.8) is 0 Å². The summed E-state index contributed by atoms with van der Waals surface area (Å²) in [6.45, 7) is 3.99. The van der Waals surface area contributed by atoms with Gasteiger partial charge in [-0.2, -0.15) is 8.78 Å². The maximum absolute atomic E-state index is 14.8. The van der Waals surface area contributed by atoms with E-state index in [0.717, 1.165) is 43.4 Å². The Kier molecular flexibility index (Phi) is 6.46. The van der Waals surface area contributed by atoms with E-state index in [1.54, 1.807) is 12.1 Å². The van der Waals surface area contributed by atoms with Crippen molar-refractivity contribution in [2.24, 2.45) is 5.92 Å². The smallest absolute Gasteiger partial charge is 0.429 e. The lowest BCUT2D eigenvalue weighted by Crippen LogP contribution is -2.24. The average Bonchev–Trinajstić information content (AvgIpc) is 2.74. The van der Waals surface area contributed by atoms with Gasteiger partial charge in [0, 0.05) is 12.1 Å². The lowest BCUT2D eigenvalue weighted by Gasteiger charge is -2.27. The Morgan fingerprint density at radius 1 is 0.788 bits per heavy atom. The van der Waals surface area contributed by atoms with Crippen LogP contribution in [0.2, 0.25) is 0 Å². The fourth-order valence-electron chi connectivity index (χ4n) is 4.42. The van der Waals surface area contributed by atoms with E-state index in [-0.39, 0.29) is 17.0 Å². The minimum atomic E-state index is -4.10. The van der Waals surface area contributed by atoms with Gasteiger partial charge in [-0.15, -0.1) is 0 Å². The van der Waals surface area contributed by atoms with E-state index in [1.165, 1.54) is 18.2 Å². The first-order valence-electron chi connectivity index (χ1n) is 11.1. The normalized spacial score (nSPS) is 18.9. The van der Waals surface area contributed by atoms with Gasteiger partial charge in [-0.05, 0) is 54.9 Å². The largest absolute Gasteiger partial charge is 0.429 e. The summed E-state index contributed by atoms with van der Waals surface area (Å²) in [7, 11) is 0. The quantitative estimate of drug-likeness (QED) is 0.347. The Morgan fingerprint density at radius 3 is 1.97 bits per heavy atom. The number of rotatable bonds is 5. The molecular weight excluding hydrogens is 435 g/mol. The molecule has 1 aliphatic rings. The van der Waals surface area contributed by atoms with Crippen LogP contribution in [0.5, 0.6) is 5.75 Å². The fourth-order valence-corrected chi connectivity index (χ4v) is 4.42. The minimum absolute atomic E-state index is 0.136. The summed E-state index contributed by atoms with van der Waals surface area (Å²) in [6.07, 6.45) is -0.294. The lowest BCUT2D eigenvalue weighted by atomic mass is 9.79. The van der Waals surface area contributed by atoms with Gasteiger partial charge in [0.05, 0.1) is 11.1 Å². The van der Waals surface area contributed by atoms with Crippen molar-refractivity contribution in [3.8, 4) is 16.9 Å². The lowest BCUT2D eigenvalue weighted by molar-refractivity contribution is -0.187. The number of hydrogen-bond donors (Lipinski definition) is 0. The molecule has 0 aromatic heterocycles. The Labute approximate surface area is 190 Å². The molecule has 33 heavy (non-hydrogen) atoms. The van der Waals surface area contributed by atoms with E-state index in [1.807, 2.05) is 6.92 Å². The topological polar surface area (TPSA) is 9.23 Å². The molecule has 6 heteroatoms. The average molecular weight is 460 g/mol. The van der Waals surface area contributed by atoms with Crippen LogP contribution >= 0.6 is 0 Å². The van der Waals surface area contributed by atoms with Gasteiger partial charge in [0.1, 0.15) is 23.2 Å². The van der Waals surface area contributed by atoms with Gasteiger partial charge in [-0.3, -0.25) is 0 Å². The molecule has 3 aromatic rings. The van der Waals surface area contributed by atoms with Crippen LogP contribution in [0.3, 0.4) is 0 Å². The SMILES string of the molecule is Cc1ccc(-c2c(F)cc(OC(F)(F)c3ccc(C4CCC(C)CC4)cc3F)cc2F)cc1. The fraction of sp³-hybridized carbons (Fsp3) is 0.333. The molecule has 0 saturated heterocycles.